The molecule has 8 nitrogen and oxygen atoms in total. The zero-order valence-electron chi connectivity index (χ0n) is 15.0. The number of rotatable bonds is 4. The van der Waals surface area contributed by atoms with Gasteiger partial charge in [0.25, 0.3) is 5.91 Å². The van der Waals surface area contributed by atoms with Crippen LogP contribution in [0, 0.1) is 0 Å². The van der Waals surface area contributed by atoms with E-state index >= 15 is 0 Å². The van der Waals surface area contributed by atoms with Crippen LogP contribution in [0.2, 0.25) is 0 Å². The summed E-state index contributed by atoms with van der Waals surface area (Å²) in [6, 6.07) is 0. The maximum Gasteiger partial charge on any atom is 0.293 e. The van der Waals surface area contributed by atoms with Crippen LogP contribution >= 0.6 is 11.3 Å². The Labute approximate surface area is 154 Å². The van der Waals surface area contributed by atoms with E-state index in [1.165, 1.54) is 10.5 Å². The number of hydrogen-bond donors (Lipinski definition) is 1. The number of aliphatic hydroxyl groups excluding tert-OH is 1. The molecule has 3 aromatic heterocycles. The van der Waals surface area contributed by atoms with Crippen molar-refractivity contribution in [2.24, 2.45) is 0 Å². The molecule has 9 heteroatoms. The lowest BCUT2D eigenvalue weighted by atomic mass is 9.94. The van der Waals surface area contributed by atoms with Crippen molar-refractivity contribution in [1.29, 1.82) is 0 Å². The highest BCUT2D eigenvalue weighted by Crippen LogP contribution is 2.39. The van der Waals surface area contributed by atoms with Crippen molar-refractivity contribution in [3.05, 3.63) is 22.6 Å². The zero-order chi connectivity index (χ0) is 18.5. The molecule has 0 unspecified atom stereocenters. The van der Waals surface area contributed by atoms with Crippen molar-refractivity contribution >= 4 is 33.1 Å². The Bertz CT molecular complexity index is 993. The minimum atomic E-state index is -0.286. The molecular weight excluding hydrogens is 354 g/mol. The number of carbonyl (C=O) groups excluding carboxylic acids is 1. The molecule has 0 atom stereocenters. The number of amides is 1. The molecule has 0 radical (unpaired) electrons. The van der Waals surface area contributed by atoms with Crippen molar-refractivity contribution < 1.29 is 14.6 Å². The van der Waals surface area contributed by atoms with Crippen LogP contribution in [0.25, 0.3) is 15.9 Å². The predicted octanol–water partition coefficient (Wildman–Crippen LogP) is 1.64. The van der Waals surface area contributed by atoms with Crippen molar-refractivity contribution in [2.75, 3.05) is 19.7 Å². The van der Waals surface area contributed by atoms with Gasteiger partial charge >= 0.3 is 0 Å². The van der Waals surface area contributed by atoms with Crippen molar-refractivity contribution in [1.82, 2.24) is 24.5 Å². The number of ether oxygens (including phenoxy) is 1. The van der Waals surface area contributed by atoms with Crippen molar-refractivity contribution in [2.45, 2.75) is 39.4 Å². The van der Waals surface area contributed by atoms with E-state index in [0.717, 1.165) is 21.5 Å². The molecule has 26 heavy (non-hydrogen) atoms. The van der Waals surface area contributed by atoms with Crippen LogP contribution in [-0.2, 0) is 17.8 Å². The summed E-state index contributed by atoms with van der Waals surface area (Å²) in [5.74, 6) is -0.160. The first-order valence-corrected chi connectivity index (χ1v) is 9.45. The predicted molar refractivity (Wildman–Crippen MR) is 97.4 cm³/mol. The quantitative estimate of drug-likeness (QED) is 0.745. The zero-order valence-corrected chi connectivity index (χ0v) is 15.8. The fourth-order valence-corrected chi connectivity index (χ4v) is 4.36. The average molecular weight is 375 g/mol. The number of nitrogens with zero attached hydrogens (tertiary/aromatic N) is 5. The third-order valence-corrected chi connectivity index (χ3v) is 5.75. The van der Waals surface area contributed by atoms with Gasteiger partial charge in [-0.25, -0.2) is 14.5 Å². The molecule has 1 aliphatic rings. The second kappa shape index (κ2) is 6.26. The summed E-state index contributed by atoms with van der Waals surface area (Å²) < 4.78 is 7.47. The SMILES string of the molecule is CCN(CCO)C(=O)c1nc2c3c4c(sc3ncn2n1)COC(C)(C)C4. The van der Waals surface area contributed by atoms with Crippen LogP contribution in [0.5, 0.6) is 0 Å². The fraction of sp³-hybridized carbons (Fsp3) is 0.529. The van der Waals surface area contributed by atoms with Crippen LogP contribution in [0.15, 0.2) is 6.33 Å². The van der Waals surface area contributed by atoms with Crippen LogP contribution < -0.4 is 0 Å². The maximum absolute atomic E-state index is 12.6. The van der Waals surface area contributed by atoms with Gasteiger partial charge in [0.1, 0.15) is 11.2 Å². The van der Waals surface area contributed by atoms with Crippen molar-refractivity contribution in [3.8, 4) is 0 Å². The Morgan fingerprint density at radius 1 is 1.50 bits per heavy atom. The molecule has 4 heterocycles. The van der Waals surface area contributed by atoms with Crippen LogP contribution in [-0.4, -0.2) is 60.8 Å². The molecule has 0 bridgehead atoms. The molecule has 0 saturated heterocycles. The number of thiophene rings is 1. The largest absolute Gasteiger partial charge is 0.395 e. The molecular formula is C17H21N5O3S. The van der Waals surface area contributed by atoms with Crippen LogP contribution in [0.4, 0.5) is 0 Å². The molecule has 0 aliphatic carbocycles. The van der Waals surface area contributed by atoms with Gasteiger partial charge in [-0.2, -0.15) is 0 Å². The average Bonchev–Trinajstić information content (AvgIpc) is 3.18. The van der Waals surface area contributed by atoms with E-state index in [1.807, 2.05) is 6.92 Å². The molecule has 3 aromatic rings. The van der Waals surface area contributed by atoms with Crippen LogP contribution in [0.3, 0.4) is 0 Å². The number of aromatic nitrogens is 4. The summed E-state index contributed by atoms with van der Waals surface area (Å²) in [7, 11) is 0. The summed E-state index contributed by atoms with van der Waals surface area (Å²) >= 11 is 1.61. The molecule has 138 valence electrons. The van der Waals surface area contributed by atoms with E-state index < -0.39 is 0 Å². The highest BCUT2D eigenvalue weighted by molar-refractivity contribution is 7.19. The van der Waals surface area contributed by atoms with Crippen LogP contribution in [0.1, 0.15) is 41.8 Å². The Kier molecular flexibility index (Phi) is 4.17. The smallest absolute Gasteiger partial charge is 0.293 e. The van der Waals surface area contributed by atoms with Gasteiger partial charge in [0, 0.05) is 24.4 Å². The molecule has 0 fully saturated rings. The number of likely N-dealkylation sites (N-methyl/N-ethyl adjacent to an activating group) is 1. The number of carbonyl (C=O) groups is 1. The molecule has 0 aromatic carbocycles. The summed E-state index contributed by atoms with van der Waals surface area (Å²) in [4.78, 5) is 25.2. The lowest BCUT2D eigenvalue weighted by Gasteiger charge is -2.30. The molecule has 1 aliphatic heterocycles. The van der Waals surface area contributed by atoms with E-state index in [0.29, 0.717) is 18.8 Å². The summed E-state index contributed by atoms with van der Waals surface area (Å²) in [6.45, 7) is 7.22. The second-order valence-electron chi connectivity index (χ2n) is 6.97. The Balaban J connectivity index is 1.85. The minimum absolute atomic E-state index is 0.0914. The lowest BCUT2D eigenvalue weighted by Crippen LogP contribution is -2.34. The van der Waals surface area contributed by atoms with Gasteiger partial charge in [0.15, 0.2) is 5.65 Å². The van der Waals surface area contributed by atoms with Gasteiger partial charge in [0.2, 0.25) is 5.82 Å². The highest BCUT2D eigenvalue weighted by Gasteiger charge is 2.31. The summed E-state index contributed by atoms with van der Waals surface area (Å²) in [5, 5.41) is 14.4. The fourth-order valence-electron chi connectivity index (χ4n) is 3.30. The van der Waals surface area contributed by atoms with Gasteiger partial charge in [-0.1, -0.05) is 0 Å². The molecule has 0 spiro atoms. The van der Waals surface area contributed by atoms with E-state index in [1.54, 1.807) is 22.2 Å². The van der Waals surface area contributed by atoms with Gasteiger partial charge < -0.3 is 14.7 Å². The van der Waals surface area contributed by atoms with Gasteiger partial charge in [-0.15, -0.1) is 16.4 Å². The first kappa shape index (κ1) is 17.3. The van der Waals surface area contributed by atoms with Crippen molar-refractivity contribution in [3.63, 3.8) is 0 Å². The Morgan fingerprint density at radius 3 is 3.04 bits per heavy atom. The van der Waals surface area contributed by atoms with Gasteiger partial charge in [-0.3, -0.25) is 4.79 Å². The van der Waals surface area contributed by atoms with Gasteiger partial charge in [-0.05, 0) is 26.3 Å². The standard InChI is InChI=1S/C17H21N5O3S/c1-4-21(5-6-23)16(24)13-19-14-12-10-7-17(2,3)25-8-11(10)26-15(12)18-9-22(14)20-13/h9,23H,4-8H2,1-3H3. The summed E-state index contributed by atoms with van der Waals surface area (Å²) in [6.07, 6.45) is 2.36. The normalized spacial score (nSPS) is 16.2. The number of aliphatic hydroxyl groups is 1. The van der Waals surface area contributed by atoms with E-state index in [-0.39, 0.29) is 30.5 Å². The number of hydrogen-bond acceptors (Lipinski definition) is 7. The molecule has 0 saturated carbocycles. The number of fused-ring (bicyclic) bond motifs is 5. The molecule has 4 rings (SSSR count). The monoisotopic (exact) mass is 375 g/mol. The van der Waals surface area contributed by atoms with E-state index in [9.17, 15) is 4.79 Å². The third kappa shape index (κ3) is 2.76. The molecule has 1 N–H and O–H groups in total. The minimum Gasteiger partial charge on any atom is -0.395 e. The second-order valence-corrected chi connectivity index (χ2v) is 8.05. The van der Waals surface area contributed by atoms with Gasteiger partial charge in [0.05, 0.1) is 24.2 Å². The first-order valence-electron chi connectivity index (χ1n) is 8.63. The Morgan fingerprint density at radius 2 is 2.31 bits per heavy atom. The van der Waals surface area contributed by atoms with E-state index in [4.69, 9.17) is 9.84 Å². The van der Waals surface area contributed by atoms with E-state index in [2.05, 4.69) is 28.9 Å². The molecule has 1 amide bonds. The topological polar surface area (TPSA) is 92.8 Å². The lowest BCUT2D eigenvalue weighted by molar-refractivity contribution is -0.0379. The Hall–Kier alpha value is -2.10. The third-order valence-electron chi connectivity index (χ3n) is 4.64. The maximum atomic E-state index is 12.6. The first-order chi connectivity index (χ1) is 12.4. The summed E-state index contributed by atoms with van der Waals surface area (Å²) in [5.41, 5.74) is 1.59. The highest BCUT2D eigenvalue weighted by atomic mass is 32.1.